The minimum Gasteiger partial charge on any atom is -0.457 e. The molecule has 0 atom stereocenters. The fourth-order valence-corrected chi connectivity index (χ4v) is 4.64. The number of rotatable bonds is 5. The van der Waals surface area contributed by atoms with Gasteiger partial charge in [0, 0.05) is 22.1 Å². The summed E-state index contributed by atoms with van der Waals surface area (Å²) in [5.41, 5.74) is 3.58. The van der Waals surface area contributed by atoms with Crippen molar-refractivity contribution in [3.63, 3.8) is 0 Å². The predicted octanol–water partition coefficient (Wildman–Crippen LogP) is 8.14. The van der Waals surface area contributed by atoms with Gasteiger partial charge >= 0.3 is 0 Å². The second-order valence-corrected chi connectivity index (χ2v) is 12.1. The van der Waals surface area contributed by atoms with Gasteiger partial charge in [0.15, 0.2) is 5.78 Å². The van der Waals surface area contributed by atoms with Crippen molar-refractivity contribution in [2.24, 2.45) is 0 Å². The van der Waals surface area contributed by atoms with Crippen LogP contribution in [0.4, 0.5) is 0 Å². The van der Waals surface area contributed by atoms with Crippen molar-refractivity contribution in [2.45, 2.75) is 52.5 Å². The Hall–Kier alpha value is -4.51. The third-order valence-electron chi connectivity index (χ3n) is 6.93. The molecule has 1 aromatic heterocycles. The normalized spacial score (nSPS) is 11.9. The van der Waals surface area contributed by atoms with E-state index >= 15 is 0 Å². The molecule has 40 heavy (non-hydrogen) atoms. The minimum absolute atomic E-state index is 0.0207. The number of benzene rings is 4. The van der Waals surface area contributed by atoms with Crippen LogP contribution in [0.2, 0.25) is 0 Å². The fourth-order valence-electron chi connectivity index (χ4n) is 4.64. The van der Waals surface area contributed by atoms with E-state index in [1.54, 1.807) is 28.9 Å². The SMILES string of the molecule is CC(C)(C)c1ccc(C(=O)c2ccc(Oc3ccc(-c4nn(C(C)(C)C)c(=O)c5ccccc45)cc3)cc2)cc1. The Balaban J connectivity index is 1.36. The van der Waals surface area contributed by atoms with Gasteiger partial charge in [-0.25, -0.2) is 4.68 Å². The maximum absolute atomic E-state index is 13.1. The van der Waals surface area contributed by atoms with Crippen LogP contribution in [0.3, 0.4) is 0 Å². The van der Waals surface area contributed by atoms with Gasteiger partial charge < -0.3 is 4.74 Å². The standard InChI is InChI=1S/C35H34N2O3/c1-34(2,3)26-17-11-24(12-18-26)32(38)25-15-21-28(22-16-25)40-27-19-13-23(14-20-27)31-29-9-7-8-10-30(29)33(39)37(36-31)35(4,5)6/h7-22H,1-6H3. The lowest BCUT2D eigenvalue weighted by Crippen LogP contribution is -2.36. The molecule has 5 aromatic rings. The highest BCUT2D eigenvalue weighted by molar-refractivity contribution is 6.09. The van der Waals surface area contributed by atoms with E-state index in [9.17, 15) is 9.59 Å². The van der Waals surface area contributed by atoms with Gasteiger partial charge in [0.05, 0.1) is 16.6 Å². The molecule has 0 amide bonds. The third-order valence-corrected chi connectivity index (χ3v) is 6.93. The monoisotopic (exact) mass is 530 g/mol. The van der Waals surface area contributed by atoms with E-state index in [-0.39, 0.29) is 16.8 Å². The first-order chi connectivity index (χ1) is 18.9. The largest absolute Gasteiger partial charge is 0.457 e. The van der Waals surface area contributed by atoms with E-state index in [1.165, 1.54) is 5.56 Å². The second-order valence-electron chi connectivity index (χ2n) is 12.1. The maximum Gasteiger partial charge on any atom is 0.275 e. The smallest absolute Gasteiger partial charge is 0.275 e. The number of ketones is 1. The third kappa shape index (κ3) is 5.46. The average Bonchev–Trinajstić information content (AvgIpc) is 2.93. The summed E-state index contributed by atoms with van der Waals surface area (Å²) in [6.45, 7) is 12.4. The molecule has 0 radical (unpaired) electrons. The molecule has 0 bridgehead atoms. The summed E-state index contributed by atoms with van der Waals surface area (Å²) in [6.07, 6.45) is 0. The first kappa shape index (κ1) is 27.1. The van der Waals surface area contributed by atoms with E-state index in [0.29, 0.717) is 28.0 Å². The van der Waals surface area contributed by atoms with E-state index in [4.69, 9.17) is 9.84 Å². The number of nitrogens with zero attached hydrogens (tertiary/aromatic N) is 2. The lowest BCUT2D eigenvalue weighted by Gasteiger charge is -2.22. The van der Waals surface area contributed by atoms with Crippen LogP contribution in [0.15, 0.2) is 102 Å². The average molecular weight is 531 g/mol. The minimum atomic E-state index is -0.456. The lowest BCUT2D eigenvalue weighted by atomic mass is 9.86. The Labute approximate surface area is 235 Å². The van der Waals surface area contributed by atoms with Crippen LogP contribution >= 0.6 is 0 Å². The molecular formula is C35H34N2O3. The van der Waals surface area contributed by atoms with Gasteiger partial charge in [-0.3, -0.25) is 9.59 Å². The zero-order chi connectivity index (χ0) is 28.7. The molecule has 5 nitrogen and oxygen atoms in total. The zero-order valence-corrected chi connectivity index (χ0v) is 23.9. The number of hydrogen-bond donors (Lipinski definition) is 0. The summed E-state index contributed by atoms with van der Waals surface area (Å²) in [5.74, 6) is 1.28. The van der Waals surface area contributed by atoms with Crippen molar-refractivity contribution < 1.29 is 9.53 Å². The van der Waals surface area contributed by atoms with Crippen molar-refractivity contribution >= 4 is 16.6 Å². The van der Waals surface area contributed by atoms with E-state index in [2.05, 4.69) is 20.8 Å². The highest BCUT2D eigenvalue weighted by Gasteiger charge is 2.21. The Morgan fingerprint density at radius 2 is 1.18 bits per heavy atom. The van der Waals surface area contributed by atoms with Crippen LogP contribution in [0.5, 0.6) is 11.5 Å². The number of carbonyl (C=O) groups excluding carboxylic acids is 1. The van der Waals surface area contributed by atoms with Crippen LogP contribution in [0.25, 0.3) is 22.0 Å². The predicted molar refractivity (Wildman–Crippen MR) is 162 cm³/mol. The Bertz CT molecular complexity index is 1730. The quantitative estimate of drug-likeness (QED) is 0.215. The Morgan fingerprint density at radius 3 is 1.70 bits per heavy atom. The lowest BCUT2D eigenvalue weighted by molar-refractivity contribution is 0.103. The topological polar surface area (TPSA) is 61.2 Å². The molecule has 0 saturated carbocycles. The van der Waals surface area contributed by atoms with Gasteiger partial charge in [0.1, 0.15) is 11.5 Å². The summed E-state index contributed by atoms with van der Waals surface area (Å²) in [4.78, 5) is 26.1. The molecule has 0 unspecified atom stereocenters. The molecule has 5 heteroatoms. The van der Waals surface area contributed by atoms with Crippen molar-refractivity contribution in [2.75, 3.05) is 0 Å². The van der Waals surface area contributed by atoms with Gasteiger partial charge in [-0.1, -0.05) is 63.2 Å². The van der Waals surface area contributed by atoms with Crippen LogP contribution in [0, 0.1) is 0 Å². The highest BCUT2D eigenvalue weighted by atomic mass is 16.5. The van der Waals surface area contributed by atoms with E-state index in [0.717, 1.165) is 16.6 Å². The first-order valence-electron chi connectivity index (χ1n) is 13.5. The summed E-state index contributed by atoms with van der Waals surface area (Å²) in [5, 5.41) is 6.21. The number of fused-ring (bicyclic) bond motifs is 1. The van der Waals surface area contributed by atoms with Gasteiger partial charge in [-0.2, -0.15) is 5.10 Å². The number of hydrogen-bond acceptors (Lipinski definition) is 4. The maximum atomic E-state index is 13.1. The highest BCUT2D eigenvalue weighted by Crippen LogP contribution is 2.30. The van der Waals surface area contributed by atoms with Gasteiger partial charge in [0.25, 0.3) is 5.56 Å². The van der Waals surface area contributed by atoms with Gasteiger partial charge in [0.2, 0.25) is 0 Å². The molecule has 0 spiro atoms. The molecule has 5 rings (SSSR count). The van der Waals surface area contributed by atoms with Crippen LogP contribution < -0.4 is 10.3 Å². The van der Waals surface area contributed by atoms with Gasteiger partial charge in [-0.05, 0) is 86.3 Å². The zero-order valence-electron chi connectivity index (χ0n) is 23.9. The van der Waals surface area contributed by atoms with E-state index in [1.807, 2.05) is 93.6 Å². The van der Waals surface area contributed by atoms with Crippen molar-refractivity contribution in [3.05, 3.63) is 124 Å². The second kappa shape index (κ2) is 10.2. The molecule has 202 valence electrons. The van der Waals surface area contributed by atoms with Gasteiger partial charge in [-0.15, -0.1) is 0 Å². The molecular weight excluding hydrogens is 496 g/mol. The molecule has 0 N–H and O–H groups in total. The molecule has 0 aliphatic heterocycles. The number of ether oxygens (including phenoxy) is 1. The Kier molecular flexibility index (Phi) is 6.92. The molecule has 0 aliphatic rings. The van der Waals surface area contributed by atoms with E-state index < -0.39 is 5.54 Å². The summed E-state index contributed by atoms with van der Waals surface area (Å²) in [6, 6.07) is 30.2. The van der Waals surface area contributed by atoms with Crippen molar-refractivity contribution in [1.82, 2.24) is 9.78 Å². The number of aromatic nitrogens is 2. The van der Waals surface area contributed by atoms with Crippen molar-refractivity contribution in [3.8, 4) is 22.8 Å². The summed E-state index contributed by atoms with van der Waals surface area (Å²) < 4.78 is 7.61. The first-order valence-corrected chi connectivity index (χ1v) is 13.5. The molecule has 0 fully saturated rings. The fraction of sp³-hybridized carbons (Fsp3) is 0.229. The molecule has 0 aliphatic carbocycles. The summed E-state index contributed by atoms with van der Waals surface area (Å²) in [7, 11) is 0. The summed E-state index contributed by atoms with van der Waals surface area (Å²) >= 11 is 0. The Morgan fingerprint density at radius 1 is 0.675 bits per heavy atom. The molecule has 4 aromatic carbocycles. The van der Waals surface area contributed by atoms with Crippen molar-refractivity contribution in [1.29, 1.82) is 0 Å². The van der Waals surface area contributed by atoms with Crippen LogP contribution in [-0.2, 0) is 11.0 Å². The van der Waals surface area contributed by atoms with Crippen LogP contribution in [-0.4, -0.2) is 15.6 Å². The van der Waals surface area contributed by atoms with Crippen LogP contribution in [0.1, 0.15) is 63.0 Å². The number of carbonyl (C=O) groups is 1. The molecule has 0 saturated heterocycles. The molecule has 1 heterocycles.